The van der Waals surface area contributed by atoms with Gasteiger partial charge < -0.3 is 11.1 Å². The zero-order valence-electron chi connectivity index (χ0n) is 18.4. The molecule has 1 aliphatic rings. The molecule has 7 heteroatoms. The van der Waals surface area contributed by atoms with Crippen LogP contribution < -0.4 is 11.1 Å². The Morgan fingerprint density at radius 1 is 1.00 bits per heavy atom. The third kappa shape index (κ3) is 6.35. The molecule has 0 radical (unpaired) electrons. The molecule has 4 rings (SSSR count). The molecular formula is C25H31Cl3N4. The molecule has 172 valence electrons. The fourth-order valence-electron chi connectivity index (χ4n) is 3.97. The Bertz CT molecular complexity index is 1050. The molecule has 1 aliphatic carbocycles. The van der Waals surface area contributed by atoms with Crippen molar-refractivity contribution >= 4 is 65.3 Å². The summed E-state index contributed by atoms with van der Waals surface area (Å²) in [6.07, 6.45) is 8.50. The predicted molar refractivity (Wildman–Crippen MR) is 142 cm³/mol. The maximum absolute atomic E-state index is 6.40. The van der Waals surface area contributed by atoms with Crippen LogP contribution in [0.15, 0.2) is 42.5 Å². The Morgan fingerprint density at radius 3 is 2.41 bits per heavy atom. The van der Waals surface area contributed by atoms with Crippen LogP contribution in [-0.2, 0) is 0 Å². The summed E-state index contributed by atoms with van der Waals surface area (Å²) in [7, 11) is 0. The summed E-state index contributed by atoms with van der Waals surface area (Å²) in [4.78, 5) is 9.66. The summed E-state index contributed by atoms with van der Waals surface area (Å²) in [6, 6.07) is 14.6. The van der Waals surface area contributed by atoms with Crippen LogP contribution in [-0.4, -0.2) is 22.1 Å². The molecule has 2 atom stereocenters. The van der Waals surface area contributed by atoms with Crippen molar-refractivity contribution in [2.24, 2.45) is 5.73 Å². The lowest BCUT2D eigenvalue weighted by Gasteiger charge is -2.30. The van der Waals surface area contributed by atoms with Gasteiger partial charge in [0.05, 0.1) is 5.52 Å². The quantitative estimate of drug-likeness (QED) is 0.398. The van der Waals surface area contributed by atoms with Crippen molar-refractivity contribution in [3.63, 3.8) is 0 Å². The van der Waals surface area contributed by atoms with Crippen LogP contribution in [0.3, 0.4) is 0 Å². The van der Waals surface area contributed by atoms with E-state index in [1.54, 1.807) is 0 Å². The lowest BCUT2D eigenvalue weighted by molar-refractivity contribution is 0.403. The number of benzene rings is 2. The number of fused-ring (bicyclic) bond motifs is 1. The number of hydrogen-bond donors (Lipinski definition) is 2. The Balaban J connectivity index is 0.00000181. The first-order valence-electron chi connectivity index (χ1n) is 10.8. The Kier molecular flexibility index (Phi) is 9.78. The monoisotopic (exact) mass is 492 g/mol. The number of anilines is 1. The predicted octanol–water partition coefficient (Wildman–Crippen LogP) is 7.10. The summed E-state index contributed by atoms with van der Waals surface area (Å²) in [5.74, 6) is 2.01. The maximum Gasteiger partial charge on any atom is 0.154 e. The van der Waals surface area contributed by atoms with E-state index in [0.29, 0.717) is 11.7 Å². The third-order valence-corrected chi connectivity index (χ3v) is 6.09. The fraction of sp³-hybridized carbons (Fsp3) is 0.360. The highest BCUT2D eigenvalue weighted by Gasteiger charge is 2.23. The number of nitrogens with two attached hydrogens (primary N) is 1. The summed E-state index contributed by atoms with van der Waals surface area (Å²) in [5, 5.41) is 5.44. The van der Waals surface area contributed by atoms with E-state index in [4.69, 9.17) is 27.3 Å². The largest absolute Gasteiger partial charge is 0.365 e. The molecule has 0 spiro atoms. The molecular weight excluding hydrogens is 463 g/mol. The van der Waals surface area contributed by atoms with Crippen LogP contribution in [0.25, 0.3) is 23.1 Å². The van der Waals surface area contributed by atoms with Crippen molar-refractivity contribution in [2.45, 2.75) is 57.5 Å². The van der Waals surface area contributed by atoms with Crippen molar-refractivity contribution in [2.75, 3.05) is 5.32 Å². The molecule has 4 nitrogen and oxygen atoms in total. The minimum atomic E-state index is 0. The standard InChI is InChI=1S/C25H29ClN4.2ClH/c1-16(2)18-10-13-22-20(15-18)25(29-23-6-4-3-5-21(23)27)30-24(28-22)14-9-17-7-11-19(26)12-8-17;;/h7-16,21,23H,3-6,27H2,1-2H3,(H,28,29,30);2*1H/b14-9-;;. The van der Waals surface area contributed by atoms with Crippen LogP contribution in [0.1, 0.15) is 62.4 Å². The van der Waals surface area contributed by atoms with E-state index in [0.717, 1.165) is 40.1 Å². The molecule has 1 saturated carbocycles. The van der Waals surface area contributed by atoms with Crippen LogP contribution in [0.2, 0.25) is 5.02 Å². The van der Waals surface area contributed by atoms with E-state index in [1.165, 1.54) is 18.4 Å². The van der Waals surface area contributed by atoms with E-state index >= 15 is 0 Å². The second kappa shape index (κ2) is 11.9. The molecule has 1 heterocycles. The number of nitrogens with one attached hydrogen (secondary N) is 1. The average Bonchev–Trinajstić information content (AvgIpc) is 2.74. The van der Waals surface area contributed by atoms with Crippen LogP contribution in [0.4, 0.5) is 5.82 Å². The van der Waals surface area contributed by atoms with Gasteiger partial charge in [0.2, 0.25) is 0 Å². The highest BCUT2D eigenvalue weighted by molar-refractivity contribution is 6.30. The topological polar surface area (TPSA) is 63.8 Å². The van der Waals surface area contributed by atoms with Gasteiger partial charge in [-0.15, -0.1) is 24.8 Å². The van der Waals surface area contributed by atoms with Crippen molar-refractivity contribution < 1.29 is 0 Å². The second-order valence-corrected chi connectivity index (χ2v) is 8.88. The molecule has 0 bridgehead atoms. The molecule has 1 aromatic heterocycles. The van der Waals surface area contributed by atoms with E-state index in [-0.39, 0.29) is 36.9 Å². The third-order valence-electron chi connectivity index (χ3n) is 5.84. The van der Waals surface area contributed by atoms with Crippen molar-refractivity contribution in [3.05, 3.63) is 64.4 Å². The second-order valence-electron chi connectivity index (χ2n) is 8.45. The number of halogens is 3. The van der Waals surface area contributed by atoms with Crippen molar-refractivity contribution in [1.29, 1.82) is 0 Å². The summed E-state index contributed by atoms with van der Waals surface area (Å²) >= 11 is 5.99. The van der Waals surface area contributed by atoms with Gasteiger partial charge in [-0.1, -0.05) is 62.6 Å². The smallest absolute Gasteiger partial charge is 0.154 e. The van der Waals surface area contributed by atoms with Gasteiger partial charge in [0.25, 0.3) is 0 Å². The molecule has 2 aromatic carbocycles. The SMILES string of the molecule is CC(C)c1ccc2nc(/C=C\c3ccc(Cl)cc3)nc(NC3CCCCC3N)c2c1.Cl.Cl. The molecule has 0 amide bonds. The number of aromatic nitrogens is 2. The minimum Gasteiger partial charge on any atom is -0.365 e. The number of nitrogens with zero attached hydrogens (tertiary/aromatic N) is 2. The highest BCUT2D eigenvalue weighted by atomic mass is 35.5. The number of rotatable bonds is 5. The van der Waals surface area contributed by atoms with Crippen molar-refractivity contribution in [1.82, 2.24) is 9.97 Å². The lowest BCUT2D eigenvalue weighted by Crippen LogP contribution is -2.42. The van der Waals surface area contributed by atoms with E-state index < -0.39 is 0 Å². The van der Waals surface area contributed by atoms with Gasteiger partial charge in [-0.2, -0.15) is 0 Å². The first-order valence-corrected chi connectivity index (χ1v) is 11.1. The zero-order chi connectivity index (χ0) is 21.1. The minimum absolute atomic E-state index is 0. The van der Waals surface area contributed by atoms with Gasteiger partial charge >= 0.3 is 0 Å². The molecule has 0 saturated heterocycles. The molecule has 3 N–H and O–H groups in total. The van der Waals surface area contributed by atoms with Crippen LogP contribution >= 0.6 is 36.4 Å². The summed E-state index contributed by atoms with van der Waals surface area (Å²) in [5.41, 5.74) is 9.69. The molecule has 1 fully saturated rings. The maximum atomic E-state index is 6.40. The number of hydrogen-bond acceptors (Lipinski definition) is 4. The highest BCUT2D eigenvalue weighted by Crippen LogP contribution is 2.28. The lowest BCUT2D eigenvalue weighted by atomic mass is 9.91. The molecule has 3 aromatic rings. The average molecular weight is 494 g/mol. The normalized spacial score (nSPS) is 18.4. The Labute approximate surface area is 207 Å². The van der Waals surface area contributed by atoms with E-state index in [1.807, 2.05) is 36.4 Å². The summed E-state index contributed by atoms with van der Waals surface area (Å²) < 4.78 is 0. The Morgan fingerprint density at radius 2 is 1.72 bits per heavy atom. The van der Waals surface area contributed by atoms with Crippen LogP contribution in [0.5, 0.6) is 0 Å². The van der Waals surface area contributed by atoms with Crippen molar-refractivity contribution in [3.8, 4) is 0 Å². The fourth-order valence-corrected chi connectivity index (χ4v) is 4.09. The van der Waals surface area contributed by atoms with Gasteiger partial charge in [0, 0.05) is 22.5 Å². The molecule has 0 aliphatic heterocycles. The van der Waals surface area contributed by atoms with Gasteiger partial charge in [-0.3, -0.25) is 0 Å². The van der Waals surface area contributed by atoms with Gasteiger partial charge in [-0.25, -0.2) is 9.97 Å². The van der Waals surface area contributed by atoms with E-state index in [9.17, 15) is 0 Å². The summed E-state index contributed by atoms with van der Waals surface area (Å²) in [6.45, 7) is 4.41. The van der Waals surface area contributed by atoms with Crippen LogP contribution in [0, 0.1) is 0 Å². The van der Waals surface area contributed by atoms with E-state index in [2.05, 4.69) is 37.4 Å². The van der Waals surface area contributed by atoms with Gasteiger partial charge in [0.15, 0.2) is 5.82 Å². The van der Waals surface area contributed by atoms with Gasteiger partial charge in [0.1, 0.15) is 5.82 Å². The first kappa shape index (κ1) is 26.4. The van der Waals surface area contributed by atoms with Gasteiger partial charge in [-0.05, 0) is 60.2 Å². The zero-order valence-corrected chi connectivity index (χ0v) is 20.8. The molecule has 2 unspecified atom stereocenters. The first-order chi connectivity index (χ1) is 14.5. The Hall–Kier alpha value is -1.85. The molecule has 32 heavy (non-hydrogen) atoms.